The van der Waals surface area contributed by atoms with E-state index in [9.17, 15) is 9.59 Å². The third kappa shape index (κ3) is 3.82. The Labute approximate surface area is 176 Å². The highest BCUT2D eigenvalue weighted by molar-refractivity contribution is 6.30. The molecule has 1 saturated heterocycles. The SMILES string of the molecule is CC1(C)C(=O)Nc2ccccc2N1C(=O)CN1CCN(c2cccc(Cl)c2)CC1. The molecule has 2 amide bonds. The van der Waals surface area contributed by atoms with Gasteiger partial charge in [-0.05, 0) is 44.2 Å². The fourth-order valence-corrected chi connectivity index (χ4v) is 4.18. The zero-order valence-corrected chi connectivity index (χ0v) is 17.4. The molecule has 1 fully saturated rings. The second-order valence-corrected chi connectivity index (χ2v) is 8.44. The molecule has 2 aliphatic rings. The van der Waals surface area contributed by atoms with Gasteiger partial charge < -0.3 is 10.2 Å². The fraction of sp³-hybridized carbons (Fsp3) is 0.364. The maximum Gasteiger partial charge on any atom is 0.250 e. The van der Waals surface area contributed by atoms with Crippen LogP contribution in [-0.4, -0.2) is 55.0 Å². The summed E-state index contributed by atoms with van der Waals surface area (Å²) in [4.78, 5) is 31.9. The van der Waals surface area contributed by atoms with Gasteiger partial charge in [0.05, 0.1) is 17.9 Å². The number of hydrogen-bond acceptors (Lipinski definition) is 4. The highest BCUT2D eigenvalue weighted by atomic mass is 35.5. The molecule has 0 radical (unpaired) electrons. The van der Waals surface area contributed by atoms with E-state index >= 15 is 0 Å². The van der Waals surface area contributed by atoms with Gasteiger partial charge in [0.25, 0.3) is 0 Å². The lowest BCUT2D eigenvalue weighted by Crippen LogP contribution is -2.61. The third-order valence-electron chi connectivity index (χ3n) is 5.66. The second-order valence-electron chi connectivity index (χ2n) is 8.00. The van der Waals surface area contributed by atoms with Crippen LogP contribution in [0, 0.1) is 0 Å². The lowest BCUT2D eigenvalue weighted by molar-refractivity contribution is -0.127. The van der Waals surface area contributed by atoms with Crippen LogP contribution in [0.25, 0.3) is 0 Å². The molecule has 0 unspecified atom stereocenters. The summed E-state index contributed by atoms with van der Waals surface area (Å²) in [5.41, 5.74) is 1.59. The Bertz CT molecular complexity index is 938. The van der Waals surface area contributed by atoms with E-state index in [4.69, 9.17) is 11.6 Å². The second kappa shape index (κ2) is 7.69. The number of piperazine rings is 1. The first-order valence-corrected chi connectivity index (χ1v) is 10.2. The normalized spacial score (nSPS) is 18.9. The molecule has 29 heavy (non-hydrogen) atoms. The van der Waals surface area contributed by atoms with Crippen molar-refractivity contribution in [1.82, 2.24) is 4.90 Å². The molecular formula is C22H25ClN4O2. The number of anilines is 3. The summed E-state index contributed by atoms with van der Waals surface area (Å²) >= 11 is 6.11. The van der Waals surface area contributed by atoms with Gasteiger partial charge in [-0.25, -0.2) is 0 Å². The maximum absolute atomic E-state index is 13.3. The van der Waals surface area contributed by atoms with E-state index in [0.29, 0.717) is 5.69 Å². The lowest BCUT2D eigenvalue weighted by Gasteiger charge is -2.43. The Hall–Kier alpha value is -2.57. The molecule has 7 heteroatoms. The van der Waals surface area contributed by atoms with Crippen LogP contribution in [0.4, 0.5) is 17.1 Å². The first-order chi connectivity index (χ1) is 13.9. The molecule has 2 aromatic rings. The van der Waals surface area contributed by atoms with Crippen molar-refractivity contribution in [3.8, 4) is 0 Å². The first-order valence-electron chi connectivity index (χ1n) is 9.83. The largest absolute Gasteiger partial charge is 0.369 e. The van der Waals surface area contributed by atoms with Crippen LogP contribution in [0.2, 0.25) is 5.02 Å². The average molecular weight is 413 g/mol. The fourth-order valence-electron chi connectivity index (χ4n) is 4.00. The van der Waals surface area contributed by atoms with E-state index in [1.165, 1.54) is 0 Å². The third-order valence-corrected chi connectivity index (χ3v) is 5.90. The molecule has 0 spiro atoms. The number of para-hydroxylation sites is 2. The van der Waals surface area contributed by atoms with Crippen molar-refractivity contribution in [3.05, 3.63) is 53.6 Å². The van der Waals surface area contributed by atoms with Gasteiger partial charge in [-0.3, -0.25) is 19.4 Å². The van der Waals surface area contributed by atoms with E-state index in [0.717, 1.165) is 42.6 Å². The Morgan fingerprint density at radius 1 is 1.07 bits per heavy atom. The molecular weight excluding hydrogens is 388 g/mol. The van der Waals surface area contributed by atoms with Crippen LogP contribution in [0.15, 0.2) is 48.5 Å². The number of nitrogens with zero attached hydrogens (tertiary/aromatic N) is 3. The monoisotopic (exact) mass is 412 g/mol. The molecule has 2 aliphatic heterocycles. The number of benzene rings is 2. The summed E-state index contributed by atoms with van der Waals surface area (Å²) in [5, 5.41) is 3.63. The van der Waals surface area contributed by atoms with Crippen LogP contribution in [0.3, 0.4) is 0 Å². The zero-order valence-electron chi connectivity index (χ0n) is 16.7. The van der Waals surface area contributed by atoms with Crippen LogP contribution in [0.1, 0.15) is 13.8 Å². The van der Waals surface area contributed by atoms with Crippen molar-refractivity contribution in [2.45, 2.75) is 19.4 Å². The van der Waals surface area contributed by atoms with Gasteiger partial charge in [0.1, 0.15) is 5.54 Å². The van der Waals surface area contributed by atoms with Crippen molar-refractivity contribution in [2.24, 2.45) is 0 Å². The highest BCUT2D eigenvalue weighted by Crippen LogP contribution is 2.36. The summed E-state index contributed by atoms with van der Waals surface area (Å²) in [7, 11) is 0. The maximum atomic E-state index is 13.3. The Kier molecular flexibility index (Phi) is 5.23. The summed E-state index contributed by atoms with van der Waals surface area (Å²) in [6, 6.07) is 15.3. The smallest absolute Gasteiger partial charge is 0.250 e. The number of amides is 2. The quantitative estimate of drug-likeness (QED) is 0.840. The first kappa shape index (κ1) is 19.7. The number of fused-ring (bicyclic) bond motifs is 1. The molecule has 1 N–H and O–H groups in total. The number of carbonyl (C=O) groups excluding carboxylic acids is 2. The van der Waals surface area contributed by atoms with Crippen molar-refractivity contribution in [3.63, 3.8) is 0 Å². The van der Waals surface area contributed by atoms with Crippen LogP contribution >= 0.6 is 11.6 Å². The number of rotatable bonds is 3. The topological polar surface area (TPSA) is 55.9 Å². The van der Waals surface area contributed by atoms with Gasteiger partial charge in [0, 0.05) is 36.9 Å². The molecule has 2 heterocycles. The number of halogens is 1. The summed E-state index contributed by atoms with van der Waals surface area (Å²) in [5.74, 6) is -0.233. The van der Waals surface area contributed by atoms with Crippen molar-refractivity contribution >= 4 is 40.5 Å². The minimum absolute atomic E-state index is 0.0616. The molecule has 152 valence electrons. The van der Waals surface area contributed by atoms with E-state index in [2.05, 4.69) is 21.2 Å². The van der Waals surface area contributed by atoms with E-state index < -0.39 is 5.54 Å². The Morgan fingerprint density at radius 2 is 1.79 bits per heavy atom. The van der Waals surface area contributed by atoms with Crippen LogP contribution < -0.4 is 15.1 Å². The van der Waals surface area contributed by atoms with E-state index in [1.54, 1.807) is 18.7 Å². The van der Waals surface area contributed by atoms with Gasteiger partial charge in [-0.1, -0.05) is 29.8 Å². The minimum Gasteiger partial charge on any atom is -0.369 e. The molecule has 4 rings (SSSR count). The Morgan fingerprint density at radius 3 is 2.52 bits per heavy atom. The molecule has 0 aromatic heterocycles. The molecule has 0 atom stereocenters. The van der Waals surface area contributed by atoms with Gasteiger partial charge in [0.15, 0.2) is 0 Å². The predicted octanol–water partition coefficient (Wildman–Crippen LogP) is 3.23. The van der Waals surface area contributed by atoms with E-state index in [1.807, 2.05) is 42.5 Å². The average Bonchev–Trinajstić information content (AvgIpc) is 2.69. The van der Waals surface area contributed by atoms with E-state index in [-0.39, 0.29) is 18.4 Å². The summed E-state index contributed by atoms with van der Waals surface area (Å²) in [6.45, 7) is 7.07. The molecule has 0 bridgehead atoms. The standard InChI is InChI=1S/C22H25ClN4O2/c1-22(2)21(29)24-18-8-3-4-9-19(18)27(22)20(28)15-25-10-12-26(13-11-25)17-7-5-6-16(23)14-17/h3-9,14H,10-13,15H2,1-2H3,(H,24,29). The molecule has 0 aliphatic carbocycles. The summed E-state index contributed by atoms with van der Waals surface area (Å²) in [6.07, 6.45) is 0. The van der Waals surface area contributed by atoms with Crippen LogP contribution in [0.5, 0.6) is 0 Å². The zero-order chi connectivity index (χ0) is 20.6. The Balaban J connectivity index is 1.45. The van der Waals surface area contributed by atoms with Gasteiger partial charge in [0.2, 0.25) is 11.8 Å². The van der Waals surface area contributed by atoms with Crippen molar-refractivity contribution in [1.29, 1.82) is 0 Å². The van der Waals surface area contributed by atoms with Crippen LogP contribution in [-0.2, 0) is 9.59 Å². The number of hydrogen-bond donors (Lipinski definition) is 1. The molecule has 0 saturated carbocycles. The molecule has 2 aromatic carbocycles. The van der Waals surface area contributed by atoms with Crippen molar-refractivity contribution < 1.29 is 9.59 Å². The van der Waals surface area contributed by atoms with Gasteiger partial charge >= 0.3 is 0 Å². The number of nitrogens with one attached hydrogen (secondary N) is 1. The molecule has 6 nitrogen and oxygen atoms in total. The van der Waals surface area contributed by atoms with Crippen molar-refractivity contribution in [2.75, 3.05) is 47.8 Å². The predicted molar refractivity (Wildman–Crippen MR) is 117 cm³/mol. The minimum atomic E-state index is -0.936. The van der Waals surface area contributed by atoms with Gasteiger partial charge in [-0.2, -0.15) is 0 Å². The summed E-state index contributed by atoms with van der Waals surface area (Å²) < 4.78 is 0. The number of carbonyl (C=O) groups is 2. The lowest BCUT2D eigenvalue weighted by atomic mass is 9.96. The van der Waals surface area contributed by atoms with Gasteiger partial charge in [-0.15, -0.1) is 0 Å². The highest BCUT2D eigenvalue weighted by Gasteiger charge is 2.43.